The van der Waals surface area contributed by atoms with Crippen LogP contribution in [-0.2, 0) is 14.3 Å². The fraction of sp³-hybridized carbons (Fsp3) is 0.684. The first-order chi connectivity index (χ1) is 12.8. The van der Waals surface area contributed by atoms with Gasteiger partial charge in [0.1, 0.15) is 17.2 Å². The van der Waals surface area contributed by atoms with Crippen LogP contribution in [0.4, 0.5) is 4.79 Å². The minimum Gasteiger partial charge on any atom is -0.476 e. The molecular formula is C19H29N3O6. The predicted octanol–water partition coefficient (Wildman–Crippen LogP) is 2.86. The molecule has 2 unspecified atom stereocenters. The minimum atomic E-state index is -1.12. The van der Waals surface area contributed by atoms with E-state index < -0.39 is 35.3 Å². The molecular weight excluding hydrogens is 366 g/mol. The third-order valence-corrected chi connectivity index (χ3v) is 4.08. The lowest BCUT2D eigenvalue weighted by atomic mass is 9.97. The molecule has 2 rings (SSSR count). The van der Waals surface area contributed by atoms with E-state index >= 15 is 0 Å². The van der Waals surface area contributed by atoms with Crippen LogP contribution >= 0.6 is 0 Å². The Bertz CT molecular complexity index is 744. The van der Waals surface area contributed by atoms with Crippen molar-refractivity contribution in [3.05, 3.63) is 18.0 Å². The first-order valence-electron chi connectivity index (χ1n) is 9.28. The number of carbonyl (C=O) groups is 3. The number of ether oxygens (including phenoxy) is 2. The monoisotopic (exact) mass is 395 g/mol. The first-order valence-corrected chi connectivity index (χ1v) is 9.28. The number of nitrogens with zero attached hydrogens (tertiary/aromatic N) is 3. The fourth-order valence-corrected chi connectivity index (χ4v) is 2.97. The van der Waals surface area contributed by atoms with E-state index in [-0.39, 0.29) is 24.7 Å². The molecule has 9 nitrogen and oxygen atoms in total. The topological polar surface area (TPSA) is 111 Å². The Morgan fingerprint density at radius 1 is 1.11 bits per heavy atom. The highest BCUT2D eigenvalue weighted by Crippen LogP contribution is 2.30. The average molecular weight is 395 g/mol. The average Bonchev–Trinajstić information content (AvgIpc) is 3.01. The number of likely N-dealkylation sites (tertiary alicyclic amines) is 1. The Hall–Kier alpha value is -2.58. The minimum absolute atomic E-state index is 0.0663. The van der Waals surface area contributed by atoms with Crippen molar-refractivity contribution in [3.63, 3.8) is 0 Å². The molecule has 1 aromatic heterocycles. The van der Waals surface area contributed by atoms with Gasteiger partial charge in [-0.3, -0.25) is 9.58 Å². The quantitative estimate of drug-likeness (QED) is 0.783. The number of esters is 1. The Kier molecular flexibility index (Phi) is 6.06. The number of amides is 1. The zero-order valence-corrected chi connectivity index (χ0v) is 17.3. The van der Waals surface area contributed by atoms with Gasteiger partial charge in [-0.05, 0) is 54.0 Å². The summed E-state index contributed by atoms with van der Waals surface area (Å²) < 4.78 is 12.5. The van der Waals surface area contributed by atoms with Crippen molar-refractivity contribution < 1.29 is 29.0 Å². The Balaban J connectivity index is 2.24. The Labute approximate surface area is 164 Å². The second-order valence-corrected chi connectivity index (χ2v) is 8.89. The summed E-state index contributed by atoms with van der Waals surface area (Å²) in [5, 5.41) is 13.1. The SMILES string of the molecule is CC(C)(C)OC(=O)C1CC(n2ccc(C(=O)O)n2)CCN1C(=O)OC(C)(C)C. The van der Waals surface area contributed by atoms with Gasteiger partial charge in [-0.25, -0.2) is 14.4 Å². The summed E-state index contributed by atoms with van der Waals surface area (Å²) in [6, 6.07) is 0.333. The number of carboxylic acid groups (broad SMARTS) is 1. The summed E-state index contributed by atoms with van der Waals surface area (Å²) in [4.78, 5) is 37.9. The third-order valence-electron chi connectivity index (χ3n) is 4.08. The fourth-order valence-electron chi connectivity index (χ4n) is 2.97. The molecule has 1 aromatic rings. The summed E-state index contributed by atoms with van der Waals surface area (Å²) in [5.74, 6) is -1.64. The van der Waals surface area contributed by atoms with Gasteiger partial charge in [-0.2, -0.15) is 5.10 Å². The maximum Gasteiger partial charge on any atom is 0.411 e. The molecule has 1 aliphatic rings. The van der Waals surface area contributed by atoms with Gasteiger partial charge in [0.15, 0.2) is 5.69 Å². The van der Waals surface area contributed by atoms with E-state index in [1.165, 1.54) is 15.6 Å². The molecule has 0 aromatic carbocycles. The largest absolute Gasteiger partial charge is 0.476 e. The highest BCUT2D eigenvalue weighted by atomic mass is 16.6. The highest BCUT2D eigenvalue weighted by Gasteiger charge is 2.41. The number of carbonyl (C=O) groups excluding carboxylic acids is 2. The Morgan fingerprint density at radius 2 is 1.71 bits per heavy atom. The zero-order chi connectivity index (χ0) is 21.3. The zero-order valence-electron chi connectivity index (χ0n) is 17.3. The standard InChI is InChI=1S/C19H29N3O6/c1-18(2,3)27-16(25)14-11-12(22-10-8-13(20-22)15(23)24)7-9-21(14)17(26)28-19(4,5)6/h8,10,12,14H,7,9,11H2,1-6H3,(H,23,24). The van der Waals surface area contributed by atoms with Crippen molar-refractivity contribution in [2.24, 2.45) is 0 Å². The number of rotatable bonds is 3. The molecule has 2 heterocycles. The Morgan fingerprint density at radius 3 is 2.21 bits per heavy atom. The van der Waals surface area contributed by atoms with Crippen LogP contribution in [0.25, 0.3) is 0 Å². The van der Waals surface area contributed by atoms with E-state index in [2.05, 4.69) is 5.10 Å². The van der Waals surface area contributed by atoms with Crippen LogP contribution < -0.4 is 0 Å². The molecule has 156 valence electrons. The smallest absolute Gasteiger partial charge is 0.411 e. The van der Waals surface area contributed by atoms with Gasteiger partial charge in [0.05, 0.1) is 6.04 Å². The molecule has 1 amide bonds. The van der Waals surface area contributed by atoms with E-state index in [1.54, 1.807) is 47.7 Å². The first kappa shape index (κ1) is 21.7. The number of piperidine rings is 1. The van der Waals surface area contributed by atoms with Gasteiger partial charge in [0.25, 0.3) is 0 Å². The normalized spacial score (nSPS) is 20.6. The van der Waals surface area contributed by atoms with Crippen LogP contribution in [-0.4, -0.2) is 61.6 Å². The van der Waals surface area contributed by atoms with Crippen molar-refractivity contribution in [1.82, 2.24) is 14.7 Å². The van der Waals surface area contributed by atoms with E-state index in [0.29, 0.717) is 6.42 Å². The number of aromatic nitrogens is 2. The van der Waals surface area contributed by atoms with E-state index in [9.17, 15) is 14.4 Å². The third kappa shape index (κ3) is 5.71. The predicted molar refractivity (Wildman–Crippen MR) is 100 cm³/mol. The number of carboxylic acids is 1. The van der Waals surface area contributed by atoms with Crippen LogP contribution in [0.2, 0.25) is 0 Å². The number of hydrogen-bond acceptors (Lipinski definition) is 6. The summed E-state index contributed by atoms with van der Waals surface area (Å²) in [6.07, 6.45) is 1.77. The molecule has 0 radical (unpaired) electrons. The molecule has 9 heteroatoms. The molecule has 0 bridgehead atoms. The summed E-state index contributed by atoms with van der Waals surface area (Å²) in [7, 11) is 0. The maximum absolute atomic E-state index is 12.8. The second-order valence-electron chi connectivity index (χ2n) is 8.89. The molecule has 1 saturated heterocycles. The second kappa shape index (κ2) is 7.81. The van der Waals surface area contributed by atoms with Crippen LogP contribution in [0.5, 0.6) is 0 Å². The molecule has 1 aliphatic heterocycles. The van der Waals surface area contributed by atoms with Gasteiger partial charge < -0.3 is 14.6 Å². The van der Waals surface area contributed by atoms with Crippen molar-refractivity contribution in [1.29, 1.82) is 0 Å². The number of aromatic carboxylic acids is 1. The van der Waals surface area contributed by atoms with Crippen LogP contribution in [0.1, 0.15) is 70.9 Å². The summed E-state index contributed by atoms with van der Waals surface area (Å²) in [5.41, 5.74) is -1.46. The van der Waals surface area contributed by atoms with E-state index in [1.807, 2.05) is 0 Å². The van der Waals surface area contributed by atoms with Crippen molar-refractivity contribution >= 4 is 18.0 Å². The summed E-state index contributed by atoms with van der Waals surface area (Å²) >= 11 is 0. The van der Waals surface area contributed by atoms with Gasteiger partial charge in [0, 0.05) is 19.2 Å². The van der Waals surface area contributed by atoms with Crippen LogP contribution in [0.15, 0.2) is 12.3 Å². The summed E-state index contributed by atoms with van der Waals surface area (Å²) in [6.45, 7) is 10.8. The molecule has 28 heavy (non-hydrogen) atoms. The molecule has 0 aliphatic carbocycles. The molecule has 2 atom stereocenters. The molecule has 0 saturated carbocycles. The van der Waals surface area contributed by atoms with Gasteiger partial charge in [0.2, 0.25) is 0 Å². The lowest BCUT2D eigenvalue weighted by Crippen LogP contribution is -2.53. The molecule has 0 spiro atoms. The van der Waals surface area contributed by atoms with Crippen LogP contribution in [0.3, 0.4) is 0 Å². The van der Waals surface area contributed by atoms with Gasteiger partial charge in [-0.15, -0.1) is 0 Å². The van der Waals surface area contributed by atoms with E-state index in [0.717, 1.165) is 0 Å². The van der Waals surface area contributed by atoms with Crippen molar-refractivity contribution in [2.45, 2.75) is 77.7 Å². The maximum atomic E-state index is 12.8. The molecule has 1 fully saturated rings. The lowest BCUT2D eigenvalue weighted by Gasteiger charge is -2.39. The number of hydrogen-bond donors (Lipinski definition) is 1. The highest BCUT2D eigenvalue weighted by molar-refractivity contribution is 5.85. The van der Waals surface area contributed by atoms with Crippen molar-refractivity contribution in [2.75, 3.05) is 6.54 Å². The van der Waals surface area contributed by atoms with Gasteiger partial charge >= 0.3 is 18.0 Å². The van der Waals surface area contributed by atoms with Crippen molar-refractivity contribution in [3.8, 4) is 0 Å². The molecule has 1 N–H and O–H groups in total. The van der Waals surface area contributed by atoms with Gasteiger partial charge in [-0.1, -0.05) is 0 Å². The van der Waals surface area contributed by atoms with E-state index in [4.69, 9.17) is 14.6 Å². The lowest BCUT2D eigenvalue weighted by molar-refractivity contribution is -0.163. The van der Waals surface area contributed by atoms with Crippen LogP contribution in [0, 0.1) is 0 Å².